The van der Waals surface area contributed by atoms with E-state index in [2.05, 4.69) is 20.8 Å². The second-order valence-corrected chi connectivity index (χ2v) is 4.47. The minimum atomic E-state index is -0.271. The average Bonchev–Trinajstić information content (AvgIpc) is 2.50. The molecule has 1 aromatic heterocycles. The summed E-state index contributed by atoms with van der Waals surface area (Å²) in [5.41, 5.74) is 1.24. The molecule has 1 aromatic carbocycles. The van der Waals surface area contributed by atoms with Crippen molar-refractivity contribution >= 4 is 11.7 Å². The van der Waals surface area contributed by atoms with Gasteiger partial charge in [-0.2, -0.15) is 0 Å². The van der Waals surface area contributed by atoms with Crippen molar-refractivity contribution in [2.24, 2.45) is 0 Å². The highest BCUT2D eigenvalue weighted by Gasteiger charge is 2.07. The van der Waals surface area contributed by atoms with Crippen molar-refractivity contribution < 1.29 is 9.18 Å². The minimum Gasteiger partial charge on any atom is -0.369 e. The number of hydrogen-bond acceptors (Lipinski definition) is 4. The number of rotatable bonds is 6. The zero-order chi connectivity index (χ0) is 15.1. The summed E-state index contributed by atoms with van der Waals surface area (Å²) in [6, 6.07) is 9.55. The van der Waals surface area contributed by atoms with Gasteiger partial charge in [-0.25, -0.2) is 4.39 Å². The van der Waals surface area contributed by atoms with Gasteiger partial charge in [0.15, 0.2) is 5.69 Å². The lowest BCUT2D eigenvalue weighted by Gasteiger charge is -2.05. The van der Waals surface area contributed by atoms with Crippen molar-refractivity contribution in [2.75, 3.05) is 18.4 Å². The second kappa shape index (κ2) is 7.33. The Balaban J connectivity index is 1.82. The van der Waals surface area contributed by atoms with E-state index < -0.39 is 0 Å². The van der Waals surface area contributed by atoms with Crippen LogP contribution in [0.4, 0.5) is 10.2 Å². The molecule has 0 aliphatic rings. The van der Waals surface area contributed by atoms with Crippen LogP contribution in [0.1, 0.15) is 23.0 Å². The van der Waals surface area contributed by atoms with Crippen LogP contribution in [0.5, 0.6) is 0 Å². The van der Waals surface area contributed by atoms with E-state index in [4.69, 9.17) is 0 Å². The summed E-state index contributed by atoms with van der Waals surface area (Å²) in [6.07, 6.45) is 0.634. The predicted octanol–water partition coefficient (Wildman–Crippen LogP) is 2.02. The van der Waals surface area contributed by atoms with Gasteiger partial charge in [0, 0.05) is 13.1 Å². The number of carbonyl (C=O) groups is 1. The number of nitrogens with one attached hydrogen (secondary N) is 2. The third-order valence-electron chi connectivity index (χ3n) is 2.87. The summed E-state index contributed by atoms with van der Waals surface area (Å²) in [5, 5.41) is 13.5. The number of anilines is 1. The molecule has 0 bridgehead atoms. The summed E-state index contributed by atoms with van der Waals surface area (Å²) >= 11 is 0. The van der Waals surface area contributed by atoms with Gasteiger partial charge in [-0.05, 0) is 43.2 Å². The number of hydrogen-bond donors (Lipinski definition) is 2. The molecule has 0 spiro atoms. The second-order valence-electron chi connectivity index (χ2n) is 4.47. The standard InChI is InChI=1S/C15H17FN4O/c1-2-17-14-8-7-13(19-20-14)15(21)18-10-9-11-3-5-12(16)6-4-11/h3-8H,2,9-10H2,1H3,(H,17,20)(H,18,21). The minimum absolute atomic E-state index is 0.265. The molecule has 0 aliphatic carbocycles. The summed E-state index contributed by atoms with van der Waals surface area (Å²) < 4.78 is 12.8. The van der Waals surface area contributed by atoms with Crippen LogP contribution in [0.3, 0.4) is 0 Å². The molecule has 5 nitrogen and oxygen atoms in total. The van der Waals surface area contributed by atoms with Crippen LogP contribution < -0.4 is 10.6 Å². The largest absolute Gasteiger partial charge is 0.369 e. The topological polar surface area (TPSA) is 66.9 Å². The first-order valence-corrected chi connectivity index (χ1v) is 6.79. The van der Waals surface area contributed by atoms with Gasteiger partial charge in [0.05, 0.1) is 0 Å². The van der Waals surface area contributed by atoms with Crippen LogP contribution in [-0.2, 0) is 6.42 Å². The Labute approximate surface area is 122 Å². The number of benzene rings is 1. The molecule has 0 saturated carbocycles. The van der Waals surface area contributed by atoms with E-state index in [9.17, 15) is 9.18 Å². The summed E-state index contributed by atoms with van der Waals surface area (Å²) in [4.78, 5) is 11.9. The molecule has 0 aliphatic heterocycles. The fourth-order valence-electron chi connectivity index (χ4n) is 1.79. The number of aromatic nitrogens is 2. The van der Waals surface area contributed by atoms with Gasteiger partial charge in [-0.3, -0.25) is 4.79 Å². The monoisotopic (exact) mass is 288 g/mol. The molecule has 1 heterocycles. The molecule has 2 rings (SSSR count). The molecule has 2 N–H and O–H groups in total. The molecule has 21 heavy (non-hydrogen) atoms. The molecule has 110 valence electrons. The normalized spacial score (nSPS) is 10.2. The van der Waals surface area contributed by atoms with Crippen LogP contribution in [0.2, 0.25) is 0 Å². The van der Waals surface area contributed by atoms with Crippen LogP contribution in [0, 0.1) is 5.82 Å². The fourth-order valence-corrected chi connectivity index (χ4v) is 1.79. The Kier molecular flexibility index (Phi) is 5.20. The molecular formula is C15H17FN4O. The smallest absolute Gasteiger partial charge is 0.271 e. The zero-order valence-corrected chi connectivity index (χ0v) is 11.8. The van der Waals surface area contributed by atoms with Crippen molar-refractivity contribution in [1.82, 2.24) is 15.5 Å². The molecule has 6 heteroatoms. The molecule has 0 atom stereocenters. The lowest BCUT2D eigenvalue weighted by atomic mass is 10.1. The van der Waals surface area contributed by atoms with Crippen molar-refractivity contribution in [3.05, 3.63) is 53.5 Å². The van der Waals surface area contributed by atoms with Gasteiger partial charge in [0.1, 0.15) is 11.6 Å². The van der Waals surface area contributed by atoms with Crippen LogP contribution in [0.15, 0.2) is 36.4 Å². The molecule has 2 aromatic rings. The highest BCUT2D eigenvalue weighted by molar-refractivity contribution is 5.92. The van der Waals surface area contributed by atoms with Gasteiger partial charge in [0.25, 0.3) is 5.91 Å². The summed E-state index contributed by atoms with van der Waals surface area (Å²) in [5.74, 6) is 0.104. The molecule has 0 fully saturated rings. The van der Waals surface area contributed by atoms with Crippen LogP contribution in [-0.4, -0.2) is 29.2 Å². The van der Waals surface area contributed by atoms with Crippen molar-refractivity contribution in [3.63, 3.8) is 0 Å². The Morgan fingerprint density at radius 2 is 1.90 bits per heavy atom. The maximum Gasteiger partial charge on any atom is 0.271 e. The Hall–Kier alpha value is -2.50. The quantitative estimate of drug-likeness (QED) is 0.853. The first-order valence-electron chi connectivity index (χ1n) is 6.79. The van der Waals surface area contributed by atoms with Crippen LogP contribution in [0.25, 0.3) is 0 Å². The zero-order valence-electron chi connectivity index (χ0n) is 11.8. The van der Waals surface area contributed by atoms with Crippen LogP contribution >= 0.6 is 0 Å². The maximum absolute atomic E-state index is 12.8. The highest BCUT2D eigenvalue weighted by atomic mass is 19.1. The SMILES string of the molecule is CCNc1ccc(C(=O)NCCc2ccc(F)cc2)nn1. The third-order valence-corrected chi connectivity index (χ3v) is 2.87. The molecule has 1 amide bonds. The van der Waals surface area contributed by atoms with Crippen molar-refractivity contribution in [3.8, 4) is 0 Å². The van der Waals surface area contributed by atoms with Gasteiger partial charge < -0.3 is 10.6 Å². The third kappa shape index (κ3) is 4.52. The summed E-state index contributed by atoms with van der Waals surface area (Å²) in [7, 11) is 0. The average molecular weight is 288 g/mol. The first-order chi connectivity index (χ1) is 10.2. The number of nitrogens with zero attached hydrogens (tertiary/aromatic N) is 2. The Bertz CT molecular complexity index is 584. The van der Waals surface area contributed by atoms with Gasteiger partial charge in [-0.1, -0.05) is 12.1 Å². The summed E-state index contributed by atoms with van der Waals surface area (Å²) in [6.45, 7) is 3.16. The molecular weight excluding hydrogens is 271 g/mol. The molecule has 0 unspecified atom stereocenters. The molecule has 0 radical (unpaired) electrons. The predicted molar refractivity (Wildman–Crippen MR) is 78.6 cm³/mol. The number of halogens is 1. The van der Waals surface area contributed by atoms with Crippen molar-refractivity contribution in [2.45, 2.75) is 13.3 Å². The van der Waals surface area contributed by atoms with Gasteiger partial charge in [0.2, 0.25) is 0 Å². The highest BCUT2D eigenvalue weighted by Crippen LogP contribution is 2.04. The van der Waals surface area contributed by atoms with E-state index in [1.807, 2.05) is 6.92 Å². The van der Waals surface area contributed by atoms with E-state index in [1.165, 1.54) is 12.1 Å². The number of carbonyl (C=O) groups excluding carboxylic acids is 1. The maximum atomic E-state index is 12.8. The van der Waals surface area contributed by atoms with E-state index in [0.29, 0.717) is 18.8 Å². The number of amides is 1. The van der Waals surface area contributed by atoms with Gasteiger partial charge >= 0.3 is 0 Å². The van der Waals surface area contributed by atoms with E-state index in [0.717, 1.165) is 12.1 Å². The van der Waals surface area contributed by atoms with Gasteiger partial charge in [-0.15, -0.1) is 10.2 Å². The van der Waals surface area contributed by atoms with E-state index in [-0.39, 0.29) is 17.4 Å². The van der Waals surface area contributed by atoms with E-state index >= 15 is 0 Å². The lowest BCUT2D eigenvalue weighted by Crippen LogP contribution is -2.26. The Morgan fingerprint density at radius 1 is 1.14 bits per heavy atom. The lowest BCUT2D eigenvalue weighted by molar-refractivity contribution is 0.0948. The Morgan fingerprint density at radius 3 is 2.52 bits per heavy atom. The molecule has 0 saturated heterocycles. The van der Waals surface area contributed by atoms with E-state index in [1.54, 1.807) is 24.3 Å². The van der Waals surface area contributed by atoms with Crippen molar-refractivity contribution in [1.29, 1.82) is 0 Å². The first kappa shape index (κ1) is 14.9. The fraction of sp³-hybridized carbons (Fsp3) is 0.267.